The van der Waals surface area contributed by atoms with Crippen LogP contribution in [0.1, 0.15) is 82.4 Å². The number of benzene rings is 1. The number of hydrogen-bond acceptors (Lipinski definition) is 1. The molecule has 0 aliphatic carbocycles. The predicted octanol–water partition coefficient (Wildman–Crippen LogP) is 5.82. The van der Waals surface area contributed by atoms with Crippen molar-refractivity contribution in [1.82, 2.24) is 0 Å². The number of hydrogen-bond donors (Lipinski definition) is 1. The molecule has 0 unspecified atom stereocenters. The van der Waals surface area contributed by atoms with Gasteiger partial charge in [-0.15, -0.1) is 0 Å². The van der Waals surface area contributed by atoms with E-state index < -0.39 is 0 Å². The standard InChI is InChI=1S/C19H31O/c1-4-7-10-11-16-14-17(12-8-5-2)19(20)18(15-16)13-9-6-3/h11,14-15,20H,4-10,12-13H2,1-3H3. The lowest BCUT2D eigenvalue weighted by Gasteiger charge is -2.13. The summed E-state index contributed by atoms with van der Waals surface area (Å²) < 4.78 is 0. The Morgan fingerprint density at radius 1 is 0.850 bits per heavy atom. The van der Waals surface area contributed by atoms with E-state index in [4.69, 9.17) is 0 Å². The second-order valence-electron chi connectivity index (χ2n) is 5.74. The normalized spacial score (nSPS) is 10.9. The third-order valence-corrected chi connectivity index (χ3v) is 3.83. The average Bonchev–Trinajstić information content (AvgIpc) is 2.46. The number of aromatic hydroxyl groups is 1. The Bertz CT molecular complexity index is 352. The van der Waals surface area contributed by atoms with E-state index in [1.54, 1.807) is 0 Å². The molecule has 1 aromatic rings. The van der Waals surface area contributed by atoms with Crippen molar-refractivity contribution in [2.45, 2.75) is 78.6 Å². The first-order valence-electron chi connectivity index (χ1n) is 8.40. The van der Waals surface area contributed by atoms with Crippen LogP contribution in [0.5, 0.6) is 5.75 Å². The van der Waals surface area contributed by atoms with Crippen molar-refractivity contribution >= 4 is 0 Å². The lowest BCUT2D eigenvalue weighted by Crippen LogP contribution is -1.96. The summed E-state index contributed by atoms with van der Waals surface area (Å²) in [6, 6.07) is 4.38. The summed E-state index contributed by atoms with van der Waals surface area (Å²) in [4.78, 5) is 0. The summed E-state index contributed by atoms with van der Waals surface area (Å²) in [6.07, 6.45) is 12.6. The molecule has 0 aromatic heterocycles. The van der Waals surface area contributed by atoms with Crippen LogP contribution < -0.4 is 0 Å². The summed E-state index contributed by atoms with van der Waals surface area (Å²) in [7, 11) is 0. The molecule has 20 heavy (non-hydrogen) atoms. The Balaban J connectivity index is 2.86. The van der Waals surface area contributed by atoms with Gasteiger partial charge in [-0.25, -0.2) is 0 Å². The summed E-state index contributed by atoms with van der Waals surface area (Å²) in [5.74, 6) is 0.555. The van der Waals surface area contributed by atoms with Crippen LogP contribution in [-0.2, 0) is 12.8 Å². The monoisotopic (exact) mass is 275 g/mol. The van der Waals surface area contributed by atoms with E-state index in [2.05, 4.69) is 39.3 Å². The van der Waals surface area contributed by atoms with Crippen LogP contribution in [0, 0.1) is 6.42 Å². The van der Waals surface area contributed by atoms with Crippen molar-refractivity contribution in [2.75, 3.05) is 0 Å². The first-order chi connectivity index (χ1) is 9.72. The number of unbranched alkanes of at least 4 members (excludes halogenated alkanes) is 4. The second kappa shape index (κ2) is 9.85. The van der Waals surface area contributed by atoms with Gasteiger partial charge in [0, 0.05) is 0 Å². The molecule has 0 heterocycles. The molecule has 0 bridgehead atoms. The fourth-order valence-electron chi connectivity index (χ4n) is 2.49. The Hall–Kier alpha value is -0.980. The first kappa shape index (κ1) is 17.1. The molecule has 0 aliphatic rings. The van der Waals surface area contributed by atoms with Crippen LogP contribution in [-0.4, -0.2) is 5.11 Å². The van der Waals surface area contributed by atoms with E-state index in [9.17, 15) is 5.11 Å². The second-order valence-corrected chi connectivity index (χ2v) is 5.74. The molecule has 0 saturated heterocycles. The predicted molar refractivity (Wildman–Crippen MR) is 88.3 cm³/mol. The number of phenolic OH excluding ortho intramolecular Hbond substituents is 1. The van der Waals surface area contributed by atoms with Crippen molar-refractivity contribution in [3.05, 3.63) is 35.2 Å². The minimum absolute atomic E-state index is 0.555. The van der Waals surface area contributed by atoms with Crippen LogP contribution in [0.2, 0.25) is 0 Å². The van der Waals surface area contributed by atoms with Gasteiger partial charge in [-0.3, -0.25) is 0 Å². The minimum atomic E-state index is 0.555. The smallest absolute Gasteiger partial charge is 0.121 e. The van der Waals surface area contributed by atoms with Gasteiger partial charge in [0.25, 0.3) is 0 Å². The van der Waals surface area contributed by atoms with Gasteiger partial charge in [0.05, 0.1) is 0 Å². The third kappa shape index (κ3) is 5.56. The Morgan fingerprint density at radius 3 is 1.80 bits per heavy atom. The fourth-order valence-corrected chi connectivity index (χ4v) is 2.49. The zero-order chi connectivity index (χ0) is 14.8. The fraction of sp³-hybridized carbons (Fsp3) is 0.632. The summed E-state index contributed by atoms with van der Waals surface area (Å²) in [5.41, 5.74) is 3.58. The summed E-state index contributed by atoms with van der Waals surface area (Å²) in [5, 5.41) is 10.4. The van der Waals surface area contributed by atoms with Crippen LogP contribution in [0.3, 0.4) is 0 Å². The summed E-state index contributed by atoms with van der Waals surface area (Å²) in [6.45, 7) is 6.63. The summed E-state index contributed by atoms with van der Waals surface area (Å²) >= 11 is 0. The molecule has 0 atom stereocenters. The maximum Gasteiger partial charge on any atom is 0.121 e. The van der Waals surface area contributed by atoms with Crippen molar-refractivity contribution < 1.29 is 5.11 Å². The molecule has 1 rings (SSSR count). The van der Waals surface area contributed by atoms with E-state index in [0.29, 0.717) is 5.75 Å². The number of rotatable bonds is 10. The quantitative estimate of drug-likeness (QED) is 0.533. The molecule has 0 amide bonds. The van der Waals surface area contributed by atoms with Gasteiger partial charge >= 0.3 is 0 Å². The highest BCUT2D eigenvalue weighted by atomic mass is 16.3. The zero-order valence-electron chi connectivity index (χ0n) is 13.5. The molecular formula is C19H31O. The average molecular weight is 275 g/mol. The molecular weight excluding hydrogens is 244 g/mol. The topological polar surface area (TPSA) is 20.2 Å². The lowest BCUT2D eigenvalue weighted by atomic mass is 9.95. The van der Waals surface area contributed by atoms with Crippen molar-refractivity contribution in [3.63, 3.8) is 0 Å². The largest absolute Gasteiger partial charge is 0.507 e. The molecule has 113 valence electrons. The molecule has 1 heteroatoms. The van der Waals surface area contributed by atoms with Gasteiger partial charge in [-0.05, 0) is 55.2 Å². The third-order valence-electron chi connectivity index (χ3n) is 3.83. The maximum atomic E-state index is 10.4. The molecule has 1 radical (unpaired) electrons. The van der Waals surface area contributed by atoms with Crippen molar-refractivity contribution in [1.29, 1.82) is 0 Å². The van der Waals surface area contributed by atoms with E-state index in [-0.39, 0.29) is 0 Å². The van der Waals surface area contributed by atoms with Gasteiger partial charge in [0.1, 0.15) is 5.75 Å². The van der Waals surface area contributed by atoms with Gasteiger partial charge < -0.3 is 5.11 Å². The SMILES string of the molecule is CCCC[CH]c1cc(CCCC)c(O)c(CCCC)c1. The van der Waals surface area contributed by atoms with Gasteiger partial charge in [-0.1, -0.05) is 58.6 Å². The van der Waals surface area contributed by atoms with Crippen molar-refractivity contribution in [2.24, 2.45) is 0 Å². The molecule has 1 N–H and O–H groups in total. The molecule has 0 aliphatic heterocycles. The Morgan fingerprint density at radius 2 is 1.35 bits per heavy atom. The van der Waals surface area contributed by atoms with Crippen LogP contribution in [0.25, 0.3) is 0 Å². The van der Waals surface area contributed by atoms with Crippen LogP contribution >= 0.6 is 0 Å². The molecule has 1 nitrogen and oxygen atoms in total. The Labute approximate surface area is 125 Å². The van der Waals surface area contributed by atoms with Crippen LogP contribution in [0.15, 0.2) is 12.1 Å². The molecule has 1 aromatic carbocycles. The molecule has 0 spiro atoms. The highest BCUT2D eigenvalue weighted by Gasteiger charge is 2.10. The van der Waals surface area contributed by atoms with Gasteiger partial charge in [0.15, 0.2) is 0 Å². The molecule has 0 fully saturated rings. The molecule has 0 saturated carbocycles. The minimum Gasteiger partial charge on any atom is -0.507 e. The Kier molecular flexibility index (Phi) is 8.41. The van der Waals surface area contributed by atoms with E-state index in [0.717, 1.165) is 43.2 Å². The maximum absolute atomic E-state index is 10.4. The first-order valence-corrected chi connectivity index (χ1v) is 8.40. The number of aryl methyl sites for hydroxylation is 2. The lowest BCUT2D eigenvalue weighted by molar-refractivity contribution is 0.458. The highest BCUT2D eigenvalue weighted by Crippen LogP contribution is 2.29. The van der Waals surface area contributed by atoms with Crippen LogP contribution in [0.4, 0.5) is 0 Å². The van der Waals surface area contributed by atoms with Gasteiger partial charge in [-0.2, -0.15) is 0 Å². The van der Waals surface area contributed by atoms with E-state index >= 15 is 0 Å². The zero-order valence-corrected chi connectivity index (χ0v) is 13.5. The van der Waals surface area contributed by atoms with Gasteiger partial charge in [0.2, 0.25) is 0 Å². The van der Waals surface area contributed by atoms with Crippen molar-refractivity contribution in [3.8, 4) is 5.75 Å². The van der Waals surface area contributed by atoms with E-state index in [1.807, 2.05) is 0 Å². The van der Waals surface area contributed by atoms with E-state index in [1.165, 1.54) is 31.2 Å². The number of phenols is 1. The highest BCUT2D eigenvalue weighted by molar-refractivity contribution is 5.46.